The lowest BCUT2D eigenvalue weighted by Crippen LogP contribution is -2.34. The van der Waals surface area contributed by atoms with Gasteiger partial charge in [0.1, 0.15) is 12.1 Å². The van der Waals surface area contributed by atoms with Crippen molar-refractivity contribution in [1.82, 2.24) is 15.3 Å². The van der Waals surface area contributed by atoms with Crippen molar-refractivity contribution in [1.29, 1.82) is 0 Å². The van der Waals surface area contributed by atoms with Crippen molar-refractivity contribution in [3.05, 3.63) is 72.6 Å². The molecule has 0 unspecified atom stereocenters. The number of hydrogen-bond acceptors (Lipinski definition) is 9. The first-order valence-corrected chi connectivity index (χ1v) is 12.9. The van der Waals surface area contributed by atoms with Crippen LogP contribution in [0.25, 0.3) is 0 Å². The van der Waals surface area contributed by atoms with Gasteiger partial charge in [0.25, 0.3) is 10.0 Å². The molecule has 0 bridgehead atoms. The maximum absolute atomic E-state index is 12.6. The van der Waals surface area contributed by atoms with E-state index in [0.717, 1.165) is 5.56 Å². The van der Waals surface area contributed by atoms with Gasteiger partial charge in [-0.2, -0.15) is 0 Å². The zero-order valence-electron chi connectivity index (χ0n) is 19.8. The van der Waals surface area contributed by atoms with E-state index in [9.17, 15) is 18.0 Å². The predicted octanol–water partition coefficient (Wildman–Crippen LogP) is 2.67. The number of esters is 1. The number of nitrogens with one attached hydrogen (secondary N) is 3. The number of rotatable bonds is 11. The molecule has 37 heavy (non-hydrogen) atoms. The Labute approximate surface area is 219 Å². The third kappa shape index (κ3) is 9.13. The van der Waals surface area contributed by atoms with E-state index >= 15 is 0 Å². The molecular formula is C24H25N5O6S2. The average molecular weight is 544 g/mol. The smallest absolute Gasteiger partial charge is 0.306 e. The summed E-state index contributed by atoms with van der Waals surface area (Å²) >= 11 is 5.12. The van der Waals surface area contributed by atoms with Crippen LogP contribution >= 0.6 is 12.2 Å². The summed E-state index contributed by atoms with van der Waals surface area (Å²) in [4.78, 5) is 31.6. The summed E-state index contributed by atoms with van der Waals surface area (Å²) in [7, 11) is -2.51. The summed E-state index contributed by atoms with van der Waals surface area (Å²) in [6.07, 6.45) is 1.59. The second kappa shape index (κ2) is 13.3. The van der Waals surface area contributed by atoms with Gasteiger partial charge in [-0.05, 0) is 42.0 Å². The van der Waals surface area contributed by atoms with Gasteiger partial charge in [-0.3, -0.25) is 14.3 Å². The third-order valence-electron chi connectivity index (χ3n) is 4.82. The summed E-state index contributed by atoms with van der Waals surface area (Å²) in [6.45, 7) is 0.235. The number of amides is 1. The van der Waals surface area contributed by atoms with Gasteiger partial charge in [-0.25, -0.2) is 18.4 Å². The van der Waals surface area contributed by atoms with E-state index in [1.807, 2.05) is 30.3 Å². The molecule has 1 heterocycles. The van der Waals surface area contributed by atoms with Crippen LogP contribution in [-0.2, 0) is 30.8 Å². The highest BCUT2D eigenvalue weighted by Gasteiger charge is 2.16. The topological polar surface area (TPSA) is 149 Å². The lowest BCUT2D eigenvalue weighted by atomic mass is 10.2. The van der Waals surface area contributed by atoms with E-state index in [2.05, 4.69) is 25.3 Å². The van der Waals surface area contributed by atoms with Gasteiger partial charge >= 0.3 is 5.97 Å². The van der Waals surface area contributed by atoms with Gasteiger partial charge in [0.2, 0.25) is 11.8 Å². The van der Waals surface area contributed by atoms with Crippen LogP contribution in [-0.4, -0.2) is 49.1 Å². The normalized spacial score (nSPS) is 10.7. The maximum Gasteiger partial charge on any atom is 0.306 e. The largest absolute Gasteiger partial charge is 0.481 e. The number of benzene rings is 2. The van der Waals surface area contributed by atoms with E-state index in [4.69, 9.17) is 21.7 Å². The zero-order valence-corrected chi connectivity index (χ0v) is 21.5. The van der Waals surface area contributed by atoms with Crippen molar-refractivity contribution >= 4 is 50.7 Å². The number of sulfonamides is 1. The molecule has 0 fully saturated rings. The van der Waals surface area contributed by atoms with Gasteiger partial charge < -0.3 is 20.1 Å². The molecule has 0 spiro atoms. The molecule has 3 N–H and O–H groups in total. The van der Waals surface area contributed by atoms with Crippen LogP contribution in [0.3, 0.4) is 0 Å². The van der Waals surface area contributed by atoms with E-state index in [-0.39, 0.29) is 41.2 Å². The average Bonchev–Trinajstić information content (AvgIpc) is 2.88. The Morgan fingerprint density at radius 3 is 2.43 bits per heavy atom. The monoisotopic (exact) mass is 543 g/mol. The number of ether oxygens (including phenoxy) is 2. The Balaban J connectivity index is 1.41. The minimum Gasteiger partial charge on any atom is -0.481 e. The Morgan fingerprint density at radius 2 is 1.73 bits per heavy atom. The summed E-state index contributed by atoms with van der Waals surface area (Å²) < 4.78 is 37.6. The van der Waals surface area contributed by atoms with Gasteiger partial charge in [0.15, 0.2) is 5.11 Å². The summed E-state index contributed by atoms with van der Waals surface area (Å²) in [5, 5.41) is 5.26. The summed E-state index contributed by atoms with van der Waals surface area (Å²) in [5.74, 6) is -0.669. The number of carbonyl (C=O) groups excluding carboxylic acids is 2. The minimum atomic E-state index is -3.91. The Morgan fingerprint density at radius 1 is 1.00 bits per heavy atom. The van der Waals surface area contributed by atoms with Crippen LogP contribution < -0.4 is 20.1 Å². The predicted molar refractivity (Wildman–Crippen MR) is 141 cm³/mol. The number of hydrogen-bond donors (Lipinski definition) is 3. The first-order chi connectivity index (χ1) is 17.7. The lowest BCUT2D eigenvalue weighted by Gasteiger charge is -2.11. The number of anilines is 2. The fourth-order valence-corrected chi connectivity index (χ4v) is 4.22. The van der Waals surface area contributed by atoms with Crippen LogP contribution in [0.1, 0.15) is 18.4 Å². The first kappa shape index (κ1) is 27.5. The highest BCUT2D eigenvalue weighted by atomic mass is 32.2. The molecule has 11 nitrogen and oxygen atoms in total. The van der Waals surface area contributed by atoms with Crippen molar-refractivity contribution < 1.29 is 27.5 Å². The molecule has 0 atom stereocenters. The van der Waals surface area contributed by atoms with Crippen LogP contribution in [0.2, 0.25) is 0 Å². The van der Waals surface area contributed by atoms with Crippen molar-refractivity contribution in [2.24, 2.45) is 0 Å². The van der Waals surface area contributed by atoms with E-state index in [1.54, 1.807) is 0 Å². The third-order valence-corrected chi connectivity index (χ3v) is 6.39. The Hall–Kier alpha value is -4.10. The van der Waals surface area contributed by atoms with Crippen LogP contribution in [0, 0.1) is 0 Å². The van der Waals surface area contributed by atoms with Crippen LogP contribution in [0.15, 0.2) is 71.9 Å². The molecule has 1 aromatic heterocycles. The molecule has 0 aliphatic rings. The number of carbonyl (C=O) groups is 2. The van der Waals surface area contributed by atoms with Crippen molar-refractivity contribution in [2.75, 3.05) is 23.8 Å². The molecule has 194 valence electrons. The fourth-order valence-electron chi connectivity index (χ4n) is 2.99. The quantitative estimate of drug-likeness (QED) is 0.243. The molecule has 0 saturated carbocycles. The molecule has 2 aromatic carbocycles. The van der Waals surface area contributed by atoms with Gasteiger partial charge in [0.05, 0.1) is 25.0 Å². The van der Waals surface area contributed by atoms with Crippen molar-refractivity contribution in [2.45, 2.75) is 24.2 Å². The fraction of sp³-hybridized carbons (Fsp3) is 0.208. The van der Waals surface area contributed by atoms with E-state index in [0.29, 0.717) is 12.1 Å². The van der Waals surface area contributed by atoms with Gasteiger partial charge in [-0.1, -0.05) is 30.3 Å². The molecule has 3 aromatic rings. The molecule has 0 saturated heterocycles. The number of aromatic nitrogens is 2. The minimum absolute atomic E-state index is 0.00394. The molecule has 0 radical (unpaired) electrons. The van der Waals surface area contributed by atoms with Crippen molar-refractivity contribution in [3.8, 4) is 5.88 Å². The SMILES string of the molecule is COc1cc(NS(=O)(=O)c2ccc(NC(=S)NC(=O)CCC(=O)OCCc3ccccc3)cc2)ncn1. The van der Waals surface area contributed by atoms with E-state index in [1.165, 1.54) is 43.8 Å². The van der Waals surface area contributed by atoms with Gasteiger partial charge in [-0.15, -0.1) is 0 Å². The molecule has 0 aliphatic heterocycles. The number of methoxy groups -OCH3 is 1. The summed E-state index contributed by atoms with van der Waals surface area (Å²) in [6, 6.07) is 16.6. The number of thiocarbonyl (C=S) groups is 1. The first-order valence-electron chi connectivity index (χ1n) is 11.0. The van der Waals surface area contributed by atoms with E-state index < -0.39 is 21.9 Å². The Kier molecular flexibility index (Phi) is 9.86. The zero-order chi connectivity index (χ0) is 26.7. The molecule has 13 heteroatoms. The molecular weight excluding hydrogens is 518 g/mol. The number of nitrogens with zero attached hydrogens (tertiary/aromatic N) is 2. The van der Waals surface area contributed by atoms with Crippen LogP contribution in [0.5, 0.6) is 5.88 Å². The second-order valence-electron chi connectivity index (χ2n) is 7.53. The molecule has 0 aliphatic carbocycles. The second-order valence-corrected chi connectivity index (χ2v) is 9.62. The summed E-state index contributed by atoms with van der Waals surface area (Å²) in [5.41, 5.74) is 1.51. The van der Waals surface area contributed by atoms with Gasteiger partial charge in [0, 0.05) is 24.6 Å². The molecule has 3 rings (SSSR count). The standard InChI is InChI=1S/C24H25N5O6S2/c1-34-22-15-20(25-16-26-22)29-37(32,33)19-9-7-18(8-10-19)27-24(36)28-21(30)11-12-23(31)35-14-13-17-5-3-2-4-6-17/h2-10,15-16H,11-14H2,1H3,(H,25,26,29)(H2,27,28,30,36). The molecule has 1 amide bonds. The lowest BCUT2D eigenvalue weighted by molar-refractivity contribution is -0.144. The highest BCUT2D eigenvalue weighted by Crippen LogP contribution is 2.18. The highest BCUT2D eigenvalue weighted by molar-refractivity contribution is 7.92. The maximum atomic E-state index is 12.6. The van der Waals surface area contributed by atoms with Crippen molar-refractivity contribution in [3.63, 3.8) is 0 Å². The Bertz CT molecular complexity index is 1340. The van der Waals surface area contributed by atoms with Crippen LogP contribution in [0.4, 0.5) is 11.5 Å².